The number of halogens is 1. The summed E-state index contributed by atoms with van der Waals surface area (Å²) in [5, 5.41) is 0.614. The summed E-state index contributed by atoms with van der Waals surface area (Å²) in [6.45, 7) is 1.91. The van der Waals surface area contributed by atoms with Crippen molar-refractivity contribution in [3.63, 3.8) is 0 Å². The number of aromatic nitrogens is 2. The average molecular weight is 300 g/mol. The molecule has 0 atom stereocenters. The molecule has 0 spiro atoms. The molecule has 106 valence electrons. The summed E-state index contributed by atoms with van der Waals surface area (Å²) in [5.74, 6) is 0.774. The third kappa shape index (κ3) is 2.62. The van der Waals surface area contributed by atoms with Gasteiger partial charge in [-0.05, 0) is 49.4 Å². The first kappa shape index (κ1) is 13.6. The van der Waals surface area contributed by atoms with Crippen molar-refractivity contribution in [2.75, 3.05) is 11.9 Å². The Balaban J connectivity index is 1.93. The number of imidazole rings is 1. The Hall–Kier alpha value is -2.33. The van der Waals surface area contributed by atoms with Crippen molar-refractivity contribution in [1.82, 2.24) is 9.97 Å². The van der Waals surface area contributed by atoms with Gasteiger partial charge < -0.3 is 9.88 Å². The molecule has 1 aromatic heterocycles. The molecule has 3 rings (SSSR count). The number of carbonyl (C=O) groups excluding carboxylic acids is 1. The van der Waals surface area contributed by atoms with Crippen LogP contribution in [0.4, 0.5) is 5.69 Å². The van der Waals surface area contributed by atoms with Crippen LogP contribution in [-0.2, 0) is 0 Å². The fourth-order valence-electron chi connectivity index (χ4n) is 2.24. The number of nitrogens with one attached hydrogen (secondary N) is 1. The molecule has 0 aliphatic carbocycles. The van der Waals surface area contributed by atoms with E-state index in [9.17, 15) is 4.79 Å². The maximum Gasteiger partial charge on any atom is 0.258 e. The fraction of sp³-hybridized carbons (Fsp3) is 0.125. The van der Waals surface area contributed by atoms with E-state index in [1.807, 2.05) is 25.1 Å². The molecule has 1 N–H and O–H groups in total. The number of hydrogen-bond acceptors (Lipinski definition) is 2. The van der Waals surface area contributed by atoms with Crippen molar-refractivity contribution in [1.29, 1.82) is 0 Å². The van der Waals surface area contributed by atoms with Crippen LogP contribution in [0, 0.1) is 6.92 Å². The van der Waals surface area contributed by atoms with Gasteiger partial charge in [0, 0.05) is 23.3 Å². The predicted octanol–water partition coefficient (Wildman–Crippen LogP) is 3.80. The molecule has 0 bridgehead atoms. The van der Waals surface area contributed by atoms with Crippen LogP contribution in [0.2, 0.25) is 5.02 Å². The van der Waals surface area contributed by atoms with Gasteiger partial charge in [-0.25, -0.2) is 4.98 Å². The summed E-state index contributed by atoms with van der Waals surface area (Å²) in [6, 6.07) is 12.6. The smallest absolute Gasteiger partial charge is 0.258 e. The molecule has 0 unspecified atom stereocenters. The zero-order chi connectivity index (χ0) is 15.0. The Bertz CT molecular complexity index is 808. The summed E-state index contributed by atoms with van der Waals surface area (Å²) < 4.78 is 0. The lowest BCUT2D eigenvalue weighted by Gasteiger charge is -2.17. The molecular formula is C16H14ClN3O. The van der Waals surface area contributed by atoms with Crippen LogP contribution in [0.25, 0.3) is 11.0 Å². The second-order valence-electron chi connectivity index (χ2n) is 4.89. The minimum absolute atomic E-state index is 0.0812. The number of amides is 1. The van der Waals surface area contributed by atoms with Crippen molar-refractivity contribution in [3.05, 3.63) is 58.9 Å². The molecule has 1 amide bonds. The SMILES string of the molecule is Cc1nc2ccc(N(C)C(=O)c3ccc(Cl)cc3)cc2[nH]1. The van der Waals surface area contributed by atoms with E-state index in [0.29, 0.717) is 10.6 Å². The van der Waals surface area contributed by atoms with Crippen LogP contribution in [-0.4, -0.2) is 22.9 Å². The summed E-state index contributed by atoms with van der Waals surface area (Å²) in [7, 11) is 1.75. The van der Waals surface area contributed by atoms with Crippen LogP contribution in [0.5, 0.6) is 0 Å². The minimum atomic E-state index is -0.0812. The highest BCUT2D eigenvalue weighted by atomic mass is 35.5. The van der Waals surface area contributed by atoms with Crippen molar-refractivity contribution in [2.24, 2.45) is 0 Å². The third-order valence-electron chi connectivity index (χ3n) is 3.37. The van der Waals surface area contributed by atoms with Crippen LogP contribution >= 0.6 is 11.6 Å². The van der Waals surface area contributed by atoms with Crippen molar-refractivity contribution in [3.8, 4) is 0 Å². The molecular weight excluding hydrogens is 286 g/mol. The number of H-pyrrole nitrogens is 1. The molecule has 0 radical (unpaired) electrons. The number of nitrogens with zero attached hydrogens (tertiary/aromatic N) is 2. The molecule has 4 nitrogen and oxygen atoms in total. The molecule has 2 aromatic carbocycles. The van der Waals surface area contributed by atoms with Gasteiger partial charge in [-0.2, -0.15) is 0 Å². The van der Waals surface area contributed by atoms with Crippen LogP contribution < -0.4 is 4.90 Å². The highest BCUT2D eigenvalue weighted by molar-refractivity contribution is 6.30. The van der Waals surface area contributed by atoms with Gasteiger partial charge in [0.25, 0.3) is 5.91 Å². The predicted molar refractivity (Wildman–Crippen MR) is 85.0 cm³/mol. The normalized spacial score (nSPS) is 10.8. The van der Waals surface area contributed by atoms with Crippen molar-refractivity contribution >= 4 is 34.2 Å². The van der Waals surface area contributed by atoms with E-state index in [4.69, 9.17) is 11.6 Å². The Kier molecular flexibility index (Phi) is 3.39. The van der Waals surface area contributed by atoms with E-state index in [2.05, 4.69) is 9.97 Å². The number of carbonyl (C=O) groups is 1. The number of fused-ring (bicyclic) bond motifs is 1. The number of anilines is 1. The lowest BCUT2D eigenvalue weighted by atomic mass is 10.2. The van der Waals surface area contributed by atoms with Gasteiger partial charge in [0.05, 0.1) is 11.0 Å². The van der Waals surface area contributed by atoms with E-state index in [-0.39, 0.29) is 5.91 Å². The maximum absolute atomic E-state index is 12.5. The van der Waals surface area contributed by atoms with E-state index in [0.717, 1.165) is 22.5 Å². The highest BCUT2D eigenvalue weighted by Gasteiger charge is 2.14. The monoisotopic (exact) mass is 299 g/mol. The van der Waals surface area contributed by atoms with Crippen LogP contribution in [0.15, 0.2) is 42.5 Å². The molecule has 0 saturated heterocycles. The van der Waals surface area contributed by atoms with Crippen molar-refractivity contribution < 1.29 is 4.79 Å². The number of rotatable bonds is 2. The van der Waals surface area contributed by atoms with E-state index < -0.39 is 0 Å². The number of aromatic amines is 1. The minimum Gasteiger partial charge on any atom is -0.342 e. The van der Waals surface area contributed by atoms with E-state index >= 15 is 0 Å². The van der Waals surface area contributed by atoms with Gasteiger partial charge in [0.2, 0.25) is 0 Å². The Labute approximate surface area is 127 Å². The molecule has 0 fully saturated rings. The van der Waals surface area contributed by atoms with Gasteiger partial charge in [-0.3, -0.25) is 4.79 Å². The van der Waals surface area contributed by atoms with Gasteiger partial charge in [0.1, 0.15) is 5.82 Å². The molecule has 0 aliphatic rings. The van der Waals surface area contributed by atoms with Gasteiger partial charge in [-0.15, -0.1) is 0 Å². The molecule has 21 heavy (non-hydrogen) atoms. The molecule has 0 aliphatic heterocycles. The summed E-state index contributed by atoms with van der Waals surface area (Å²) in [4.78, 5) is 21.6. The lowest BCUT2D eigenvalue weighted by Crippen LogP contribution is -2.26. The topological polar surface area (TPSA) is 49.0 Å². The third-order valence-corrected chi connectivity index (χ3v) is 3.62. The van der Waals surface area contributed by atoms with E-state index in [1.165, 1.54) is 0 Å². The number of benzene rings is 2. The standard InChI is InChI=1S/C16H14ClN3O/c1-10-18-14-8-7-13(9-15(14)19-10)20(2)16(21)11-3-5-12(17)6-4-11/h3-9H,1-2H3,(H,18,19). The largest absolute Gasteiger partial charge is 0.342 e. The number of aryl methyl sites for hydroxylation is 1. The van der Waals surface area contributed by atoms with Gasteiger partial charge in [-0.1, -0.05) is 11.6 Å². The molecule has 5 heteroatoms. The Morgan fingerprint density at radius 2 is 1.90 bits per heavy atom. The lowest BCUT2D eigenvalue weighted by molar-refractivity contribution is 0.0993. The number of hydrogen-bond donors (Lipinski definition) is 1. The van der Waals surface area contributed by atoms with Crippen molar-refractivity contribution in [2.45, 2.75) is 6.92 Å². The summed E-state index contributed by atoms with van der Waals surface area (Å²) in [5.41, 5.74) is 3.22. The molecule has 0 saturated carbocycles. The quantitative estimate of drug-likeness (QED) is 0.782. The second kappa shape index (κ2) is 5.22. The Morgan fingerprint density at radius 1 is 1.19 bits per heavy atom. The van der Waals surface area contributed by atoms with Crippen LogP contribution in [0.1, 0.15) is 16.2 Å². The maximum atomic E-state index is 12.5. The first-order chi connectivity index (χ1) is 10.0. The average Bonchev–Trinajstić information content (AvgIpc) is 2.85. The summed E-state index contributed by atoms with van der Waals surface area (Å²) in [6.07, 6.45) is 0. The fourth-order valence-corrected chi connectivity index (χ4v) is 2.36. The van der Waals surface area contributed by atoms with Gasteiger partial charge in [0.15, 0.2) is 0 Å². The Morgan fingerprint density at radius 3 is 2.62 bits per heavy atom. The van der Waals surface area contributed by atoms with Crippen LogP contribution in [0.3, 0.4) is 0 Å². The molecule has 3 aromatic rings. The van der Waals surface area contributed by atoms with Gasteiger partial charge >= 0.3 is 0 Å². The first-order valence-electron chi connectivity index (χ1n) is 6.54. The molecule has 1 heterocycles. The first-order valence-corrected chi connectivity index (χ1v) is 6.92. The second-order valence-corrected chi connectivity index (χ2v) is 5.33. The zero-order valence-electron chi connectivity index (χ0n) is 11.7. The highest BCUT2D eigenvalue weighted by Crippen LogP contribution is 2.21. The zero-order valence-corrected chi connectivity index (χ0v) is 12.5. The summed E-state index contributed by atoms with van der Waals surface area (Å²) >= 11 is 5.84. The van der Waals surface area contributed by atoms with E-state index in [1.54, 1.807) is 36.2 Å².